The quantitative estimate of drug-likeness (QED) is 0.780. The summed E-state index contributed by atoms with van der Waals surface area (Å²) >= 11 is 0. The lowest BCUT2D eigenvalue weighted by Crippen LogP contribution is -2.68. The molecule has 2 aromatic rings. The molecule has 1 fully saturated rings. The van der Waals surface area contributed by atoms with Crippen molar-refractivity contribution in [2.75, 3.05) is 13.2 Å². The number of carbonyl (C=O) groups excluding carboxylic acids is 2. The number of hydrogen-bond donors (Lipinski definition) is 2. The van der Waals surface area contributed by atoms with Crippen LogP contribution in [0.2, 0.25) is 0 Å². The minimum Gasteiger partial charge on any atom is -0.394 e. The topological polar surface area (TPSA) is 69.6 Å². The Bertz CT molecular complexity index is 962. The van der Waals surface area contributed by atoms with Crippen molar-refractivity contribution in [1.29, 1.82) is 0 Å². The first-order valence-corrected chi connectivity index (χ1v) is 9.43. The van der Waals surface area contributed by atoms with Crippen LogP contribution in [-0.4, -0.2) is 47.1 Å². The van der Waals surface area contributed by atoms with Crippen molar-refractivity contribution < 1.29 is 19.1 Å². The van der Waals surface area contributed by atoms with E-state index in [-0.39, 0.29) is 42.2 Å². The van der Waals surface area contributed by atoms with Gasteiger partial charge in [0.15, 0.2) is 0 Å². The zero-order chi connectivity index (χ0) is 21.0. The Morgan fingerprint density at radius 2 is 1.76 bits per heavy atom. The summed E-state index contributed by atoms with van der Waals surface area (Å²) in [6, 6.07) is 13.3. The molecular formula is C23H23FN2O3. The number of hydrogen-bond acceptors (Lipinski definition) is 3. The lowest BCUT2D eigenvalue weighted by Gasteiger charge is -2.54. The summed E-state index contributed by atoms with van der Waals surface area (Å²) < 4.78 is 13.7. The van der Waals surface area contributed by atoms with Gasteiger partial charge in [0.05, 0.1) is 24.3 Å². The van der Waals surface area contributed by atoms with E-state index in [0.29, 0.717) is 12.1 Å². The van der Waals surface area contributed by atoms with E-state index in [0.717, 1.165) is 11.1 Å². The number of carbonyl (C=O) groups is 2. The second kappa shape index (κ2) is 8.89. The zero-order valence-corrected chi connectivity index (χ0v) is 16.4. The number of rotatable bonds is 4. The maximum Gasteiger partial charge on any atom is 0.220 e. The van der Waals surface area contributed by atoms with Gasteiger partial charge in [0.25, 0.3) is 0 Å². The Balaban J connectivity index is 1.81. The maximum atomic E-state index is 13.7. The molecule has 0 radical (unpaired) electrons. The van der Waals surface area contributed by atoms with Gasteiger partial charge < -0.3 is 15.3 Å². The average molecular weight is 394 g/mol. The van der Waals surface area contributed by atoms with Gasteiger partial charge >= 0.3 is 0 Å². The van der Waals surface area contributed by atoms with Crippen LogP contribution in [0.3, 0.4) is 0 Å². The molecule has 0 aromatic heterocycles. The van der Waals surface area contributed by atoms with Crippen LogP contribution in [0.5, 0.6) is 0 Å². The molecule has 0 spiro atoms. The van der Waals surface area contributed by atoms with Crippen molar-refractivity contribution in [1.82, 2.24) is 10.2 Å². The van der Waals surface area contributed by atoms with Crippen LogP contribution in [0.25, 0.3) is 0 Å². The molecule has 150 valence electrons. The van der Waals surface area contributed by atoms with Crippen molar-refractivity contribution in [2.24, 2.45) is 0 Å². The van der Waals surface area contributed by atoms with Crippen LogP contribution in [0.15, 0.2) is 48.5 Å². The van der Waals surface area contributed by atoms with E-state index in [2.05, 4.69) is 17.2 Å². The van der Waals surface area contributed by atoms with Crippen LogP contribution in [0.4, 0.5) is 4.39 Å². The summed E-state index contributed by atoms with van der Waals surface area (Å²) in [6.07, 6.45) is 0. The highest BCUT2D eigenvalue weighted by molar-refractivity contribution is 5.77. The number of nitrogens with zero attached hydrogens (tertiary/aromatic N) is 1. The minimum atomic E-state index is -0.359. The molecule has 0 saturated carbocycles. The molecule has 6 heteroatoms. The van der Waals surface area contributed by atoms with Gasteiger partial charge in [-0.2, -0.15) is 0 Å². The summed E-state index contributed by atoms with van der Waals surface area (Å²) in [6.45, 7) is 3.06. The Labute approximate surface area is 169 Å². The summed E-state index contributed by atoms with van der Waals surface area (Å²) in [5, 5.41) is 12.5. The molecule has 1 saturated heterocycles. The van der Waals surface area contributed by atoms with Crippen LogP contribution in [0, 0.1) is 17.7 Å². The summed E-state index contributed by atoms with van der Waals surface area (Å²) in [7, 11) is 0. The smallest absolute Gasteiger partial charge is 0.220 e. The largest absolute Gasteiger partial charge is 0.394 e. The van der Waals surface area contributed by atoms with Gasteiger partial charge in [0.2, 0.25) is 11.8 Å². The third-order valence-corrected chi connectivity index (χ3v) is 5.17. The fourth-order valence-electron chi connectivity index (χ4n) is 3.82. The third kappa shape index (κ3) is 4.47. The van der Waals surface area contributed by atoms with Crippen molar-refractivity contribution in [3.63, 3.8) is 0 Å². The van der Waals surface area contributed by atoms with E-state index in [9.17, 15) is 19.1 Å². The first kappa shape index (κ1) is 20.6. The highest BCUT2D eigenvalue weighted by Crippen LogP contribution is 2.40. The van der Waals surface area contributed by atoms with Crippen molar-refractivity contribution in [2.45, 2.75) is 31.8 Å². The second-order valence-corrected chi connectivity index (χ2v) is 7.06. The number of likely N-dealkylation sites (tertiary alicyclic amines) is 1. The highest BCUT2D eigenvalue weighted by atomic mass is 19.1. The summed E-state index contributed by atoms with van der Waals surface area (Å²) in [5.74, 6) is 5.01. The Hall–Kier alpha value is -3.17. The number of nitrogens with one attached hydrogen (secondary N) is 1. The van der Waals surface area contributed by atoms with Crippen molar-refractivity contribution in [3.05, 3.63) is 71.0 Å². The predicted molar refractivity (Wildman–Crippen MR) is 107 cm³/mol. The first-order chi connectivity index (χ1) is 13.9. The second-order valence-electron chi connectivity index (χ2n) is 7.06. The van der Waals surface area contributed by atoms with Gasteiger partial charge in [-0.05, 0) is 29.8 Å². The molecular weight excluding hydrogens is 371 g/mol. The molecule has 0 bridgehead atoms. The Morgan fingerprint density at radius 1 is 1.07 bits per heavy atom. The third-order valence-electron chi connectivity index (χ3n) is 5.17. The van der Waals surface area contributed by atoms with E-state index < -0.39 is 0 Å². The minimum absolute atomic E-state index is 0.0932. The van der Waals surface area contributed by atoms with E-state index in [1.807, 2.05) is 24.3 Å². The molecule has 3 atom stereocenters. The fraction of sp³-hybridized carbons (Fsp3) is 0.304. The molecule has 1 aliphatic heterocycles. The van der Waals surface area contributed by atoms with Crippen LogP contribution >= 0.6 is 0 Å². The predicted octanol–water partition coefficient (Wildman–Crippen LogP) is 2.04. The molecule has 2 aromatic carbocycles. The highest BCUT2D eigenvalue weighted by Gasteiger charge is 2.49. The Kier molecular flexibility index (Phi) is 6.30. The lowest BCUT2D eigenvalue weighted by atomic mass is 9.75. The fourth-order valence-corrected chi connectivity index (χ4v) is 3.82. The monoisotopic (exact) mass is 394 g/mol. The number of halogens is 1. The molecule has 1 heterocycles. The molecule has 0 aliphatic carbocycles. The normalized spacial score (nSPS) is 20.3. The van der Waals surface area contributed by atoms with Gasteiger partial charge in [-0.3, -0.25) is 9.59 Å². The molecule has 2 N–H and O–H groups in total. The SMILES string of the molecule is CC(=O)NC[C@@H]1[C@@H](c2ccc(C#Cc3ccccc3F)cc2)[C@@H](CO)N1C(C)=O. The van der Waals surface area contributed by atoms with Crippen LogP contribution in [0.1, 0.15) is 36.5 Å². The van der Waals surface area contributed by atoms with E-state index in [4.69, 9.17) is 0 Å². The molecule has 1 aliphatic rings. The van der Waals surface area contributed by atoms with Gasteiger partial charge in [-0.1, -0.05) is 36.1 Å². The standard InChI is InChI=1S/C23H23FN2O3/c1-15(28)25-13-21-23(22(14-27)26(21)16(2)29)19-11-8-17(9-12-19)7-10-18-5-3-4-6-20(18)24/h3-6,8-9,11-12,21-23,27H,13-14H2,1-2H3,(H,25,28)/t21-,22-,23-/m1/s1. The summed E-state index contributed by atoms with van der Waals surface area (Å²) in [5.41, 5.74) is 2.02. The molecule has 29 heavy (non-hydrogen) atoms. The Morgan fingerprint density at radius 3 is 2.34 bits per heavy atom. The van der Waals surface area contributed by atoms with Crippen LogP contribution in [-0.2, 0) is 9.59 Å². The van der Waals surface area contributed by atoms with Crippen molar-refractivity contribution >= 4 is 11.8 Å². The number of benzene rings is 2. The maximum absolute atomic E-state index is 13.7. The lowest BCUT2D eigenvalue weighted by molar-refractivity contribution is -0.148. The number of aliphatic hydroxyl groups is 1. The molecule has 2 amide bonds. The molecule has 0 unspecified atom stereocenters. The van der Waals surface area contributed by atoms with Gasteiger partial charge in [0, 0.05) is 31.9 Å². The summed E-state index contributed by atoms with van der Waals surface area (Å²) in [4.78, 5) is 24.9. The molecule has 5 nitrogen and oxygen atoms in total. The van der Waals surface area contributed by atoms with Gasteiger partial charge in [-0.25, -0.2) is 4.39 Å². The average Bonchev–Trinajstić information content (AvgIpc) is 2.67. The molecule has 3 rings (SSSR count). The number of amides is 2. The van der Waals surface area contributed by atoms with E-state index >= 15 is 0 Å². The number of aliphatic hydroxyl groups excluding tert-OH is 1. The van der Waals surface area contributed by atoms with Gasteiger partial charge in [0.1, 0.15) is 5.82 Å². The van der Waals surface area contributed by atoms with Gasteiger partial charge in [-0.15, -0.1) is 0 Å². The van der Waals surface area contributed by atoms with Crippen molar-refractivity contribution in [3.8, 4) is 11.8 Å². The van der Waals surface area contributed by atoms with E-state index in [1.54, 1.807) is 23.1 Å². The van der Waals surface area contributed by atoms with Crippen LogP contribution < -0.4 is 5.32 Å². The zero-order valence-electron chi connectivity index (χ0n) is 16.4. The van der Waals surface area contributed by atoms with E-state index in [1.165, 1.54) is 19.9 Å². The first-order valence-electron chi connectivity index (χ1n) is 9.43.